The van der Waals surface area contributed by atoms with Gasteiger partial charge in [-0.05, 0) is 12.1 Å². The summed E-state index contributed by atoms with van der Waals surface area (Å²) in [7, 11) is 2.45. The maximum atomic E-state index is 12.6. The first kappa shape index (κ1) is 14.4. The van der Waals surface area contributed by atoms with Crippen LogP contribution in [0.15, 0.2) is 24.3 Å². The molecule has 0 aliphatic rings. The van der Waals surface area contributed by atoms with E-state index in [-0.39, 0.29) is 0 Å². The Morgan fingerprint density at radius 3 is 2.12 bits per heavy atom. The first-order chi connectivity index (χ1) is 7.82. The third-order valence-electron chi connectivity index (χ3n) is 1.85. The van der Waals surface area contributed by atoms with E-state index in [9.17, 15) is 13.2 Å². The van der Waals surface area contributed by atoms with Gasteiger partial charge in [0, 0.05) is 26.0 Å². The van der Waals surface area contributed by atoms with Crippen LogP contribution in [0.2, 0.25) is 0 Å². The SMILES string of the molecule is COP(=S)(OC)Oc1ccccc1C(F)(F)F. The third kappa shape index (κ3) is 3.67. The van der Waals surface area contributed by atoms with Gasteiger partial charge >= 0.3 is 12.9 Å². The van der Waals surface area contributed by atoms with Crippen LogP contribution >= 0.6 is 6.72 Å². The van der Waals surface area contributed by atoms with E-state index in [0.717, 1.165) is 6.07 Å². The van der Waals surface area contributed by atoms with Gasteiger partial charge in [0.15, 0.2) is 0 Å². The number of halogens is 3. The predicted octanol–water partition coefficient (Wildman–Crippen LogP) is 3.60. The highest BCUT2D eigenvalue weighted by Gasteiger charge is 2.35. The first-order valence-corrected chi connectivity index (χ1v) is 6.95. The fraction of sp³-hybridized carbons (Fsp3) is 0.333. The van der Waals surface area contributed by atoms with Crippen LogP contribution in [0.3, 0.4) is 0 Å². The van der Waals surface area contributed by atoms with Crippen LogP contribution < -0.4 is 4.52 Å². The average molecular weight is 286 g/mol. The van der Waals surface area contributed by atoms with Gasteiger partial charge in [-0.15, -0.1) is 0 Å². The van der Waals surface area contributed by atoms with E-state index >= 15 is 0 Å². The molecule has 0 bridgehead atoms. The van der Waals surface area contributed by atoms with E-state index in [1.54, 1.807) is 0 Å². The van der Waals surface area contributed by atoms with Gasteiger partial charge in [0.2, 0.25) is 0 Å². The van der Waals surface area contributed by atoms with Crippen LogP contribution in [-0.2, 0) is 27.0 Å². The molecular weight excluding hydrogens is 276 g/mol. The number of benzene rings is 1. The summed E-state index contributed by atoms with van der Waals surface area (Å²) >= 11 is 4.85. The molecule has 0 amide bonds. The summed E-state index contributed by atoms with van der Waals surface area (Å²) in [5, 5.41) is 0. The highest BCUT2D eigenvalue weighted by Crippen LogP contribution is 2.50. The minimum Gasteiger partial charge on any atom is -0.423 e. The van der Waals surface area contributed by atoms with Crippen molar-refractivity contribution in [3.8, 4) is 5.75 Å². The number of alkyl halides is 3. The van der Waals surface area contributed by atoms with Crippen molar-refractivity contribution in [1.29, 1.82) is 0 Å². The number of hydrogen-bond donors (Lipinski definition) is 0. The molecule has 0 aromatic heterocycles. The summed E-state index contributed by atoms with van der Waals surface area (Å²) in [6.07, 6.45) is -4.52. The highest BCUT2D eigenvalue weighted by atomic mass is 32.5. The summed E-state index contributed by atoms with van der Waals surface area (Å²) in [4.78, 5) is 0. The van der Waals surface area contributed by atoms with Crippen LogP contribution in [0.1, 0.15) is 5.56 Å². The number of para-hydroxylation sites is 1. The third-order valence-corrected chi connectivity index (χ3v) is 4.28. The molecule has 1 aromatic rings. The van der Waals surface area contributed by atoms with Crippen LogP contribution in [0.25, 0.3) is 0 Å². The van der Waals surface area contributed by atoms with Gasteiger partial charge in [0.25, 0.3) is 0 Å². The summed E-state index contributed by atoms with van der Waals surface area (Å²) in [5.74, 6) is -0.396. The fourth-order valence-electron chi connectivity index (χ4n) is 1.05. The molecule has 0 aliphatic heterocycles. The first-order valence-electron chi connectivity index (χ1n) is 4.40. The lowest BCUT2D eigenvalue weighted by atomic mass is 10.2. The van der Waals surface area contributed by atoms with Crippen molar-refractivity contribution in [2.24, 2.45) is 0 Å². The topological polar surface area (TPSA) is 27.7 Å². The smallest absolute Gasteiger partial charge is 0.419 e. The van der Waals surface area contributed by atoms with Crippen molar-refractivity contribution < 1.29 is 26.7 Å². The maximum absolute atomic E-state index is 12.6. The minimum atomic E-state index is -4.52. The lowest BCUT2D eigenvalue weighted by Crippen LogP contribution is -2.08. The highest BCUT2D eigenvalue weighted by molar-refractivity contribution is 8.07. The Hall–Kier alpha value is -0.620. The molecule has 0 saturated heterocycles. The zero-order valence-corrected chi connectivity index (χ0v) is 10.7. The lowest BCUT2D eigenvalue weighted by Gasteiger charge is -2.20. The van der Waals surface area contributed by atoms with E-state index in [4.69, 9.17) is 25.4 Å². The second-order valence-electron chi connectivity index (χ2n) is 2.90. The van der Waals surface area contributed by atoms with Crippen molar-refractivity contribution >= 4 is 18.5 Å². The quantitative estimate of drug-likeness (QED) is 0.790. The zero-order valence-electron chi connectivity index (χ0n) is 9.02. The van der Waals surface area contributed by atoms with E-state index < -0.39 is 24.2 Å². The van der Waals surface area contributed by atoms with Crippen molar-refractivity contribution in [2.45, 2.75) is 6.18 Å². The molecule has 0 spiro atoms. The average Bonchev–Trinajstić information content (AvgIpc) is 2.28. The Bertz CT molecular complexity index is 428. The van der Waals surface area contributed by atoms with Gasteiger partial charge in [-0.3, -0.25) is 0 Å². The van der Waals surface area contributed by atoms with Crippen molar-refractivity contribution in [2.75, 3.05) is 14.2 Å². The molecule has 3 nitrogen and oxygen atoms in total. The molecule has 17 heavy (non-hydrogen) atoms. The Kier molecular flexibility index (Phi) is 4.55. The van der Waals surface area contributed by atoms with E-state index in [1.165, 1.54) is 32.4 Å². The summed E-state index contributed by atoms with van der Waals surface area (Å²) < 4.78 is 52.5. The lowest BCUT2D eigenvalue weighted by molar-refractivity contribution is -0.138. The molecule has 1 aromatic carbocycles. The van der Waals surface area contributed by atoms with Crippen LogP contribution in [0.5, 0.6) is 5.75 Å². The van der Waals surface area contributed by atoms with E-state index in [0.29, 0.717) is 0 Å². The Morgan fingerprint density at radius 2 is 1.65 bits per heavy atom. The fourth-order valence-corrected chi connectivity index (χ4v) is 1.99. The molecule has 0 heterocycles. The summed E-state index contributed by atoms with van der Waals surface area (Å²) in [5.41, 5.74) is -0.914. The summed E-state index contributed by atoms with van der Waals surface area (Å²) in [6, 6.07) is 4.75. The van der Waals surface area contributed by atoms with Gasteiger partial charge in [-0.1, -0.05) is 12.1 Å². The van der Waals surface area contributed by atoms with Gasteiger partial charge in [0.1, 0.15) is 5.75 Å². The molecule has 0 radical (unpaired) electrons. The second kappa shape index (κ2) is 5.35. The number of rotatable bonds is 4. The molecule has 0 fully saturated rings. The molecule has 0 atom stereocenters. The van der Waals surface area contributed by atoms with Crippen molar-refractivity contribution in [1.82, 2.24) is 0 Å². The monoisotopic (exact) mass is 286 g/mol. The van der Waals surface area contributed by atoms with Crippen LogP contribution in [0, 0.1) is 0 Å². The van der Waals surface area contributed by atoms with Gasteiger partial charge in [-0.25, -0.2) is 0 Å². The molecule has 0 saturated carbocycles. The standard InChI is InChI=1S/C9H10F3O3PS/c1-13-16(17,14-2)15-8-6-4-3-5-7(8)9(10,11)12/h3-6H,1-2H3. The molecular formula is C9H10F3O3PS. The van der Waals surface area contributed by atoms with Crippen molar-refractivity contribution in [3.63, 3.8) is 0 Å². The van der Waals surface area contributed by atoms with Crippen molar-refractivity contribution in [3.05, 3.63) is 29.8 Å². The Labute approximate surface area is 102 Å². The molecule has 8 heteroatoms. The van der Waals surface area contributed by atoms with Gasteiger partial charge < -0.3 is 13.6 Å². The van der Waals surface area contributed by atoms with Gasteiger partial charge in [-0.2, -0.15) is 13.2 Å². The molecule has 0 unspecified atom stereocenters. The molecule has 0 N–H and O–H groups in total. The Morgan fingerprint density at radius 1 is 1.12 bits per heavy atom. The Balaban J connectivity index is 3.12. The van der Waals surface area contributed by atoms with Gasteiger partial charge in [0.05, 0.1) is 5.56 Å². The number of hydrogen-bond acceptors (Lipinski definition) is 4. The molecule has 96 valence electrons. The molecule has 0 aliphatic carbocycles. The predicted molar refractivity (Wildman–Crippen MR) is 60.4 cm³/mol. The van der Waals surface area contributed by atoms with Crippen LogP contribution in [-0.4, -0.2) is 14.2 Å². The second-order valence-corrected chi connectivity index (χ2v) is 6.05. The minimum absolute atomic E-state index is 0.396. The normalized spacial score (nSPS) is 12.5. The van der Waals surface area contributed by atoms with Crippen LogP contribution in [0.4, 0.5) is 13.2 Å². The zero-order chi connectivity index (χ0) is 13.1. The molecule has 1 rings (SSSR count). The van der Waals surface area contributed by atoms with E-state index in [2.05, 4.69) is 0 Å². The van der Waals surface area contributed by atoms with E-state index in [1.807, 2.05) is 0 Å². The maximum Gasteiger partial charge on any atom is 0.419 e. The largest absolute Gasteiger partial charge is 0.423 e. The summed E-state index contributed by atoms with van der Waals surface area (Å²) in [6.45, 7) is -3.17.